The first-order valence-corrected chi connectivity index (χ1v) is 13.2. The average molecular weight is 514 g/mol. The Morgan fingerprint density at radius 3 is 2.52 bits per heavy atom. The molecule has 4 nitrogen and oxygen atoms in total. The molecule has 144 valence electrons. The maximum absolute atomic E-state index is 13.0. The van der Waals surface area contributed by atoms with Crippen LogP contribution in [0.4, 0.5) is 5.69 Å². The van der Waals surface area contributed by atoms with E-state index in [2.05, 4.69) is 34.8 Å². The number of halogens is 1. The molecule has 27 heavy (non-hydrogen) atoms. The number of carbonyl (C=O) groups is 2. The smallest absolute Gasteiger partial charge is 0.261 e. The molecule has 1 heterocycles. The third kappa shape index (κ3) is 4.56. The lowest BCUT2D eigenvalue weighted by Gasteiger charge is -2.27. The van der Waals surface area contributed by atoms with Gasteiger partial charge in [-0.25, -0.2) is 0 Å². The van der Waals surface area contributed by atoms with Crippen molar-refractivity contribution in [3.05, 3.63) is 41.5 Å². The molecule has 7 heteroatoms. The lowest BCUT2D eigenvalue weighted by atomic mass is 9.93. The third-order valence-corrected chi connectivity index (χ3v) is 7.74. The van der Waals surface area contributed by atoms with Crippen LogP contribution in [0, 0.1) is 0 Å². The van der Waals surface area contributed by atoms with Crippen LogP contribution in [0.15, 0.2) is 30.3 Å². The summed E-state index contributed by atoms with van der Waals surface area (Å²) in [6, 6.07) is 9.55. The monoisotopic (exact) mass is 514 g/mol. The molecule has 0 saturated carbocycles. The maximum atomic E-state index is 13.0. The number of alkyl halides is 1. The highest BCUT2D eigenvalue weighted by molar-refractivity contribution is 14.1. The summed E-state index contributed by atoms with van der Waals surface area (Å²) in [4.78, 5) is 27.3. The van der Waals surface area contributed by atoms with E-state index in [1.54, 1.807) is 21.6 Å². The number of carbonyl (C=O) groups excluding carboxylic acids is 2. The van der Waals surface area contributed by atoms with Crippen LogP contribution < -0.4 is 5.32 Å². The molecular weight excluding hydrogens is 491 g/mol. The first kappa shape index (κ1) is 20.8. The van der Waals surface area contributed by atoms with E-state index < -0.39 is 0 Å². The van der Waals surface area contributed by atoms with Crippen LogP contribution >= 0.6 is 44.2 Å². The van der Waals surface area contributed by atoms with Crippen LogP contribution in [-0.2, 0) is 0 Å². The number of nitrogens with zero attached hydrogens (tertiary/aromatic N) is 1. The van der Waals surface area contributed by atoms with Crippen molar-refractivity contribution >= 4 is 72.5 Å². The largest absolute Gasteiger partial charge is 0.385 e. The van der Waals surface area contributed by atoms with E-state index in [1.165, 1.54) is 4.90 Å². The topological polar surface area (TPSA) is 49.4 Å². The molecule has 2 aromatic carbocycles. The van der Waals surface area contributed by atoms with Crippen LogP contribution in [0.3, 0.4) is 0 Å². The molecule has 0 unspecified atom stereocenters. The molecular formula is C20H23IN2O2S2. The highest BCUT2D eigenvalue weighted by Crippen LogP contribution is 2.34. The summed E-state index contributed by atoms with van der Waals surface area (Å²) < 4.78 is 1.09. The van der Waals surface area contributed by atoms with Gasteiger partial charge < -0.3 is 5.32 Å². The fourth-order valence-electron chi connectivity index (χ4n) is 3.12. The zero-order valence-electron chi connectivity index (χ0n) is 15.3. The van der Waals surface area contributed by atoms with Gasteiger partial charge in [0.05, 0.1) is 0 Å². The normalized spacial score (nSPS) is 13.5. The highest BCUT2D eigenvalue weighted by atomic mass is 127. The third-order valence-electron chi connectivity index (χ3n) is 4.39. The number of hydrogen-bond acceptors (Lipinski definition) is 5. The predicted molar refractivity (Wildman–Crippen MR) is 127 cm³/mol. The van der Waals surface area contributed by atoms with E-state index in [-0.39, 0.29) is 11.8 Å². The molecule has 1 N–H and O–H groups in total. The SMILES string of the molecule is CCCSSCCN1C(=O)c2cccc3c(NCCCI)ccc(c23)C1=O. The number of benzene rings is 2. The van der Waals surface area contributed by atoms with Gasteiger partial charge in [0.1, 0.15) is 0 Å². The summed E-state index contributed by atoms with van der Waals surface area (Å²) in [7, 11) is 3.52. The van der Waals surface area contributed by atoms with Crippen LogP contribution in [0.2, 0.25) is 0 Å². The van der Waals surface area contributed by atoms with Crippen molar-refractivity contribution in [1.82, 2.24) is 4.90 Å². The molecule has 2 aromatic rings. The molecule has 0 radical (unpaired) electrons. The molecule has 0 aliphatic carbocycles. The van der Waals surface area contributed by atoms with Gasteiger partial charge in [-0.3, -0.25) is 14.5 Å². The fraction of sp³-hybridized carbons (Fsp3) is 0.400. The maximum Gasteiger partial charge on any atom is 0.261 e. The first-order valence-electron chi connectivity index (χ1n) is 9.15. The summed E-state index contributed by atoms with van der Waals surface area (Å²) in [5.41, 5.74) is 2.25. The summed E-state index contributed by atoms with van der Waals surface area (Å²) in [5.74, 6) is 1.48. The lowest BCUT2D eigenvalue weighted by molar-refractivity contribution is 0.0621. The molecule has 1 aliphatic rings. The Hall–Kier alpha value is -0.930. The van der Waals surface area contributed by atoms with E-state index in [1.807, 2.05) is 30.3 Å². The van der Waals surface area contributed by atoms with Gasteiger partial charge in [0, 0.05) is 56.6 Å². The average Bonchev–Trinajstić information content (AvgIpc) is 2.69. The predicted octanol–water partition coefficient (Wildman–Crippen LogP) is 5.46. The van der Waals surface area contributed by atoms with Crippen LogP contribution in [0.5, 0.6) is 0 Å². The van der Waals surface area contributed by atoms with Gasteiger partial charge >= 0.3 is 0 Å². The van der Waals surface area contributed by atoms with Crippen LogP contribution in [-0.4, -0.2) is 45.7 Å². The molecule has 0 saturated heterocycles. The second-order valence-electron chi connectivity index (χ2n) is 6.26. The lowest BCUT2D eigenvalue weighted by Crippen LogP contribution is -2.41. The van der Waals surface area contributed by atoms with E-state index in [9.17, 15) is 9.59 Å². The number of imide groups is 1. The summed E-state index contributed by atoms with van der Waals surface area (Å²) >= 11 is 2.36. The molecule has 0 bridgehead atoms. The minimum atomic E-state index is -0.177. The van der Waals surface area contributed by atoms with E-state index in [0.717, 1.165) is 51.8 Å². The second-order valence-corrected chi connectivity index (χ2v) is 10.0. The van der Waals surface area contributed by atoms with E-state index in [0.29, 0.717) is 17.7 Å². The van der Waals surface area contributed by atoms with Gasteiger partial charge in [0.25, 0.3) is 11.8 Å². The summed E-state index contributed by atoms with van der Waals surface area (Å²) in [6.07, 6.45) is 2.20. The molecule has 0 aromatic heterocycles. The van der Waals surface area contributed by atoms with Crippen molar-refractivity contribution < 1.29 is 9.59 Å². The Labute approximate surface area is 181 Å². The molecule has 0 atom stereocenters. The number of nitrogens with one attached hydrogen (secondary N) is 1. The second kappa shape index (κ2) is 10.0. The van der Waals surface area contributed by atoms with Crippen molar-refractivity contribution in [3.8, 4) is 0 Å². The van der Waals surface area contributed by atoms with Gasteiger partial charge in [0.15, 0.2) is 0 Å². The molecule has 0 fully saturated rings. The van der Waals surface area contributed by atoms with Crippen molar-refractivity contribution in [3.63, 3.8) is 0 Å². The van der Waals surface area contributed by atoms with Crippen LogP contribution in [0.25, 0.3) is 10.8 Å². The molecule has 1 aliphatic heterocycles. The number of rotatable bonds is 10. The van der Waals surface area contributed by atoms with Gasteiger partial charge in [0.2, 0.25) is 0 Å². The standard InChI is InChI=1S/C20H23IN2O2S2/c1-2-12-26-27-13-11-23-19(24)15-6-3-5-14-17(22-10-4-9-21)8-7-16(18(14)15)20(23)25/h3,5-8,22H,2,4,9-13H2,1H3. The Morgan fingerprint density at radius 2 is 1.78 bits per heavy atom. The Kier molecular flexibility index (Phi) is 7.72. The van der Waals surface area contributed by atoms with Gasteiger partial charge in [-0.2, -0.15) is 0 Å². The zero-order valence-corrected chi connectivity index (χ0v) is 19.1. The van der Waals surface area contributed by atoms with E-state index >= 15 is 0 Å². The van der Waals surface area contributed by atoms with Crippen molar-refractivity contribution in [2.45, 2.75) is 19.8 Å². The Bertz CT molecular complexity index is 822. The minimum absolute atomic E-state index is 0.177. The van der Waals surface area contributed by atoms with Crippen molar-refractivity contribution in [2.75, 3.05) is 34.3 Å². The van der Waals surface area contributed by atoms with Gasteiger partial charge in [-0.1, -0.05) is 63.2 Å². The van der Waals surface area contributed by atoms with Gasteiger partial charge in [-0.15, -0.1) is 0 Å². The molecule has 0 spiro atoms. The molecule has 2 amide bonds. The van der Waals surface area contributed by atoms with Crippen molar-refractivity contribution in [1.29, 1.82) is 0 Å². The summed E-state index contributed by atoms with van der Waals surface area (Å²) in [6.45, 7) is 3.47. The number of hydrogen-bond donors (Lipinski definition) is 1. The van der Waals surface area contributed by atoms with E-state index in [4.69, 9.17) is 0 Å². The highest BCUT2D eigenvalue weighted by Gasteiger charge is 2.32. The van der Waals surface area contributed by atoms with Crippen LogP contribution in [0.1, 0.15) is 40.5 Å². The Balaban J connectivity index is 1.86. The quantitative estimate of drug-likeness (QED) is 0.150. The number of anilines is 1. The molecule has 3 rings (SSSR count). The first-order chi connectivity index (χ1) is 13.2. The number of amides is 2. The Morgan fingerprint density at radius 1 is 1.04 bits per heavy atom. The van der Waals surface area contributed by atoms with Crippen molar-refractivity contribution in [2.24, 2.45) is 0 Å². The minimum Gasteiger partial charge on any atom is -0.385 e. The zero-order chi connectivity index (χ0) is 19.2. The summed E-state index contributed by atoms with van der Waals surface area (Å²) in [5, 5.41) is 5.18. The van der Waals surface area contributed by atoms with Gasteiger partial charge in [-0.05, 0) is 31.0 Å². The fourth-order valence-corrected chi connectivity index (χ4v) is 5.59.